The van der Waals surface area contributed by atoms with Crippen LogP contribution >= 0.6 is 23.2 Å². The molecular formula is C8H8Cl2N2. The van der Waals surface area contributed by atoms with E-state index in [0.29, 0.717) is 16.1 Å². The summed E-state index contributed by atoms with van der Waals surface area (Å²) in [5.74, 6) is 0.562. The molecule has 0 aromatic carbocycles. The molecular weight excluding hydrogens is 195 g/mol. The highest BCUT2D eigenvalue weighted by Crippen LogP contribution is 2.25. The van der Waals surface area contributed by atoms with Gasteiger partial charge in [-0.05, 0) is 11.6 Å². The van der Waals surface area contributed by atoms with Crippen LogP contribution in [-0.2, 0) is 0 Å². The van der Waals surface area contributed by atoms with Crippen molar-refractivity contribution in [2.45, 2.75) is 5.92 Å². The van der Waals surface area contributed by atoms with E-state index in [0.717, 1.165) is 13.1 Å². The van der Waals surface area contributed by atoms with E-state index in [4.69, 9.17) is 23.2 Å². The summed E-state index contributed by atoms with van der Waals surface area (Å²) in [5, 5.41) is 4.11. The molecule has 0 radical (unpaired) electrons. The molecule has 0 unspecified atom stereocenters. The van der Waals surface area contributed by atoms with Gasteiger partial charge in [0.05, 0.1) is 5.02 Å². The monoisotopic (exact) mass is 202 g/mol. The van der Waals surface area contributed by atoms with Crippen molar-refractivity contribution < 1.29 is 0 Å². The zero-order valence-electron chi connectivity index (χ0n) is 6.35. The third-order valence-corrected chi connectivity index (χ3v) is 2.76. The molecule has 12 heavy (non-hydrogen) atoms. The van der Waals surface area contributed by atoms with E-state index < -0.39 is 0 Å². The van der Waals surface area contributed by atoms with Gasteiger partial charge < -0.3 is 5.32 Å². The molecule has 64 valence electrons. The van der Waals surface area contributed by atoms with Gasteiger partial charge in [0.15, 0.2) is 0 Å². The molecule has 2 heterocycles. The Morgan fingerprint density at radius 1 is 1.42 bits per heavy atom. The lowest BCUT2D eigenvalue weighted by Crippen LogP contribution is -2.39. The summed E-state index contributed by atoms with van der Waals surface area (Å²) >= 11 is 11.5. The smallest absolute Gasteiger partial charge is 0.147 e. The number of nitrogens with zero attached hydrogens (tertiary/aromatic N) is 1. The minimum atomic E-state index is 0.382. The first-order valence-corrected chi connectivity index (χ1v) is 4.54. The Morgan fingerprint density at radius 3 is 2.67 bits per heavy atom. The maximum absolute atomic E-state index is 5.82. The van der Waals surface area contributed by atoms with Crippen LogP contribution in [0.1, 0.15) is 11.5 Å². The highest BCUT2D eigenvalue weighted by atomic mass is 35.5. The van der Waals surface area contributed by atoms with Crippen LogP contribution in [0.15, 0.2) is 12.3 Å². The average molecular weight is 203 g/mol. The summed E-state index contributed by atoms with van der Waals surface area (Å²) in [6.45, 7) is 2.03. The number of hydrogen-bond donors (Lipinski definition) is 1. The Hall–Kier alpha value is -0.310. The Morgan fingerprint density at radius 2 is 2.17 bits per heavy atom. The molecule has 1 fully saturated rings. The first kappa shape index (κ1) is 8.30. The lowest BCUT2D eigenvalue weighted by atomic mass is 9.95. The first-order valence-electron chi connectivity index (χ1n) is 3.79. The van der Waals surface area contributed by atoms with Crippen LogP contribution in [-0.4, -0.2) is 18.1 Å². The van der Waals surface area contributed by atoms with Crippen molar-refractivity contribution in [2.24, 2.45) is 0 Å². The minimum Gasteiger partial charge on any atom is -0.315 e. The van der Waals surface area contributed by atoms with E-state index in [1.165, 1.54) is 5.56 Å². The van der Waals surface area contributed by atoms with Crippen LogP contribution in [0.2, 0.25) is 10.2 Å². The molecule has 2 nitrogen and oxygen atoms in total. The zero-order valence-corrected chi connectivity index (χ0v) is 7.86. The Bertz CT molecular complexity index is 297. The first-order chi connectivity index (χ1) is 5.77. The Balaban J connectivity index is 2.27. The van der Waals surface area contributed by atoms with Crippen LogP contribution < -0.4 is 5.32 Å². The molecule has 0 aliphatic carbocycles. The van der Waals surface area contributed by atoms with Crippen LogP contribution in [0.4, 0.5) is 0 Å². The van der Waals surface area contributed by atoms with E-state index in [-0.39, 0.29) is 0 Å². The van der Waals surface area contributed by atoms with Gasteiger partial charge in [0, 0.05) is 25.2 Å². The number of aromatic nitrogens is 1. The van der Waals surface area contributed by atoms with Crippen LogP contribution in [0.5, 0.6) is 0 Å². The van der Waals surface area contributed by atoms with Crippen molar-refractivity contribution in [1.82, 2.24) is 10.3 Å². The van der Waals surface area contributed by atoms with Gasteiger partial charge in [-0.2, -0.15) is 0 Å². The molecule has 2 rings (SSSR count). The molecule has 1 N–H and O–H groups in total. The molecule has 1 saturated heterocycles. The third-order valence-electron chi connectivity index (χ3n) is 2.07. The number of nitrogens with one attached hydrogen (secondary N) is 1. The summed E-state index contributed by atoms with van der Waals surface area (Å²) in [4.78, 5) is 3.99. The van der Waals surface area contributed by atoms with Gasteiger partial charge in [0.2, 0.25) is 0 Å². The molecule has 0 atom stereocenters. The lowest BCUT2D eigenvalue weighted by Gasteiger charge is -2.27. The fraction of sp³-hybridized carbons (Fsp3) is 0.375. The largest absolute Gasteiger partial charge is 0.315 e. The van der Waals surface area contributed by atoms with E-state index >= 15 is 0 Å². The molecule has 0 saturated carbocycles. The van der Waals surface area contributed by atoms with Crippen LogP contribution in [0.3, 0.4) is 0 Å². The standard InChI is InChI=1S/C8H8Cl2N2/c9-7-1-5(4-12-8(7)10)6-2-11-3-6/h1,4,6,11H,2-3H2. The normalized spacial score (nSPS) is 17.5. The van der Waals surface area contributed by atoms with E-state index in [9.17, 15) is 0 Å². The van der Waals surface area contributed by atoms with Gasteiger partial charge >= 0.3 is 0 Å². The molecule has 4 heteroatoms. The van der Waals surface area contributed by atoms with Gasteiger partial charge in [-0.1, -0.05) is 23.2 Å². The van der Waals surface area contributed by atoms with Crippen molar-refractivity contribution in [3.05, 3.63) is 28.0 Å². The molecule has 0 bridgehead atoms. The maximum Gasteiger partial charge on any atom is 0.147 e. The molecule has 1 aromatic rings. The van der Waals surface area contributed by atoms with Crippen LogP contribution in [0.25, 0.3) is 0 Å². The fourth-order valence-electron chi connectivity index (χ4n) is 1.18. The number of hydrogen-bond acceptors (Lipinski definition) is 2. The van der Waals surface area contributed by atoms with Crippen molar-refractivity contribution in [1.29, 1.82) is 0 Å². The van der Waals surface area contributed by atoms with Gasteiger partial charge in [-0.15, -0.1) is 0 Å². The summed E-state index contributed by atoms with van der Waals surface area (Å²) < 4.78 is 0. The zero-order chi connectivity index (χ0) is 8.55. The summed E-state index contributed by atoms with van der Waals surface area (Å²) in [6.07, 6.45) is 1.79. The van der Waals surface area contributed by atoms with Crippen molar-refractivity contribution >= 4 is 23.2 Å². The van der Waals surface area contributed by atoms with Gasteiger partial charge in [-0.25, -0.2) is 4.98 Å². The van der Waals surface area contributed by atoms with E-state index in [1.54, 1.807) is 6.20 Å². The second-order valence-corrected chi connectivity index (χ2v) is 3.66. The van der Waals surface area contributed by atoms with Gasteiger partial charge in [-0.3, -0.25) is 0 Å². The maximum atomic E-state index is 5.82. The quantitative estimate of drug-likeness (QED) is 0.706. The molecule has 0 spiro atoms. The lowest BCUT2D eigenvalue weighted by molar-refractivity contribution is 0.447. The number of pyridine rings is 1. The molecule has 1 aromatic heterocycles. The van der Waals surface area contributed by atoms with E-state index in [1.807, 2.05) is 6.07 Å². The predicted molar refractivity (Wildman–Crippen MR) is 49.9 cm³/mol. The SMILES string of the molecule is Clc1cc(C2CNC2)cnc1Cl. The number of halogens is 2. The van der Waals surface area contributed by atoms with Gasteiger partial charge in [0.1, 0.15) is 5.15 Å². The molecule has 1 aliphatic rings. The van der Waals surface area contributed by atoms with Gasteiger partial charge in [0.25, 0.3) is 0 Å². The van der Waals surface area contributed by atoms with Crippen molar-refractivity contribution in [3.8, 4) is 0 Å². The second-order valence-electron chi connectivity index (χ2n) is 2.90. The molecule has 0 amide bonds. The highest BCUT2D eigenvalue weighted by molar-refractivity contribution is 6.41. The predicted octanol–water partition coefficient (Wildman–Crippen LogP) is 2.08. The van der Waals surface area contributed by atoms with E-state index in [2.05, 4.69) is 10.3 Å². The summed E-state index contributed by atoms with van der Waals surface area (Å²) in [6, 6.07) is 1.89. The average Bonchev–Trinajstić information content (AvgIpc) is 1.93. The summed E-state index contributed by atoms with van der Waals surface area (Å²) in [7, 11) is 0. The number of rotatable bonds is 1. The fourth-order valence-corrected chi connectivity index (χ4v) is 1.46. The summed E-state index contributed by atoms with van der Waals surface area (Å²) in [5.41, 5.74) is 1.17. The minimum absolute atomic E-state index is 0.382. The third kappa shape index (κ3) is 1.42. The topological polar surface area (TPSA) is 24.9 Å². The van der Waals surface area contributed by atoms with Crippen molar-refractivity contribution in [2.75, 3.05) is 13.1 Å². The second kappa shape index (κ2) is 3.21. The Kier molecular flexibility index (Phi) is 2.22. The van der Waals surface area contributed by atoms with Crippen LogP contribution in [0, 0.1) is 0 Å². The molecule has 1 aliphatic heterocycles. The highest BCUT2D eigenvalue weighted by Gasteiger charge is 2.19. The Labute approximate surface area is 80.9 Å². The van der Waals surface area contributed by atoms with Crippen molar-refractivity contribution in [3.63, 3.8) is 0 Å².